The van der Waals surface area contributed by atoms with Gasteiger partial charge in [-0.25, -0.2) is 0 Å². The molecule has 1 heteroatoms. The third-order valence-electron chi connectivity index (χ3n) is 12.3. The van der Waals surface area contributed by atoms with Gasteiger partial charge in [-0.15, -0.1) is 0 Å². The summed E-state index contributed by atoms with van der Waals surface area (Å²) in [6, 6.07) is 50.4. The van der Waals surface area contributed by atoms with Crippen molar-refractivity contribution in [2.45, 2.75) is 38.5 Å². The summed E-state index contributed by atoms with van der Waals surface area (Å²) in [7, 11) is 0. The summed E-state index contributed by atoms with van der Waals surface area (Å²) in [5.74, 6) is 0. The van der Waals surface area contributed by atoms with Crippen molar-refractivity contribution in [3.63, 3.8) is 0 Å². The average Bonchev–Trinajstić information content (AvgIpc) is 3.69. The maximum Gasteiger partial charge on any atom is 0.0793 e. The predicted octanol–water partition coefficient (Wildman–Crippen LogP) is 13.0. The van der Waals surface area contributed by atoms with Crippen LogP contribution in [0.1, 0.15) is 49.9 Å². The van der Waals surface area contributed by atoms with Crippen LogP contribution in [0.4, 0.5) is 0 Å². The van der Waals surface area contributed by atoms with Crippen molar-refractivity contribution in [3.05, 3.63) is 162 Å². The van der Waals surface area contributed by atoms with Crippen LogP contribution in [0.25, 0.3) is 88.4 Å². The summed E-state index contributed by atoms with van der Waals surface area (Å²) < 4.78 is 0. The fraction of sp³-hybridized carbons (Fsp3) is 0.122. The van der Waals surface area contributed by atoms with Crippen molar-refractivity contribution in [1.82, 2.24) is 4.98 Å². The molecule has 0 amide bonds. The topological polar surface area (TPSA) is 12.9 Å². The number of aromatic nitrogens is 1. The molecule has 8 aromatic rings. The Hall–Kier alpha value is -5.79. The minimum atomic E-state index is -0.145. The molecule has 0 fully saturated rings. The molecule has 11 rings (SSSR count). The lowest BCUT2D eigenvalue weighted by Gasteiger charge is -2.24. The Morgan fingerprint density at radius 3 is 1.58 bits per heavy atom. The number of rotatable bonds is 2. The molecule has 50 heavy (non-hydrogen) atoms. The lowest BCUT2D eigenvalue weighted by atomic mass is 9.79. The predicted molar refractivity (Wildman–Crippen MR) is 210 cm³/mol. The second-order valence-corrected chi connectivity index (χ2v) is 15.5. The normalized spacial score (nSPS) is 15.1. The largest absolute Gasteiger partial charge is 0.256 e. The van der Waals surface area contributed by atoms with Crippen molar-refractivity contribution < 1.29 is 0 Å². The summed E-state index contributed by atoms with van der Waals surface area (Å²) in [5, 5.41) is 5.17. The Kier molecular flexibility index (Phi) is 5.31. The van der Waals surface area contributed by atoms with Gasteiger partial charge in [0, 0.05) is 33.5 Å². The van der Waals surface area contributed by atoms with E-state index in [0.717, 1.165) is 5.69 Å². The van der Waals surface area contributed by atoms with E-state index in [0.29, 0.717) is 0 Å². The second-order valence-electron chi connectivity index (χ2n) is 15.5. The lowest BCUT2D eigenvalue weighted by molar-refractivity contribution is 0.659. The molecule has 0 spiro atoms. The number of hydrogen-bond acceptors (Lipinski definition) is 1. The molecule has 0 bridgehead atoms. The van der Waals surface area contributed by atoms with Crippen LogP contribution < -0.4 is 0 Å². The number of hydrogen-bond donors (Lipinski definition) is 0. The zero-order chi connectivity index (χ0) is 33.5. The Bertz CT molecular complexity index is 2810. The lowest BCUT2D eigenvalue weighted by Crippen LogP contribution is -2.15. The molecule has 0 atom stereocenters. The number of pyridine rings is 1. The molecule has 7 aromatic carbocycles. The molecule has 0 saturated carbocycles. The SMILES string of the molecule is CC1(C)c2ccccc2-c2ccc(-c3ccc4c(c3)C(C)(C)c3cc(-c5c6ccccc6c6c7c(cccc57)-c5cccnc5-6)ccc3-4)cc21. The molecule has 0 radical (unpaired) electrons. The van der Waals surface area contributed by atoms with Crippen LogP contribution in [-0.4, -0.2) is 4.98 Å². The van der Waals surface area contributed by atoms with Gasteiger partial charge in [0.25, 0.3) is 0 Å². The Balaban J connectivity index is 1.06. The van der Waals surface area contributed by atoms with E-state index >= 15 is 0 Å². The van der Waals surface area contributed by atoms with Crippen molar-refractivity contribution in [2.75, 3.05) is 0 Å². The van der Waals surface area contributed by atoms with Gasteiger partial charge in [0.1, 0.15) is 0 Å². The summed E-state index contributed by atoms with van der Waals surface area (Å²) in [5.41, 5.74) is 20.9. The summed E-state index contributed by atoms with van der Waals surface area (Å²) >= 11 is 0. The molecule has 3 aliphatic rings. The van der Waals surface area contributed by atoms with Crippen LogP contribution in [-0.2, 0) is 10.8 Å². The zero-order valence-corrected chi connectivity index (χ0v) is 28.7. The molecule has 0 N–H and O–H groups in total. The van der Waals surface area contributed by atoms with Gasteiger partial charge in [-0.1, -0.05) is 137 Å². The molecular formula is C49H35N. The minimum absolute atomic E-state index is 0.0172. The Morgan fingerprint density at radius 1 is 0.380 bits per heavy atom. The molecular weight excluding hydrogens is 603 g/mol. The van der Waals surface area contributed by atoms with Gasteiger partial charge in [-0.2, -0.15) is 0 Å². The third-order valence-corrected chi connectivity index (χ3v) is 12.3. The first kappa shape index (κ1) is 28.1. The van der Waals surface area contributed by atoms with Crippen molar-refractivity contribution in [3.8, 4) is 66.9 Å². The molecule has 1 nitrogen and oxygen atoms in total. The van der Waals surface area contributed by atoms with Crippen LogP contribution in [0.5, 0.6) is 0 Å². The van der Waals surface area contributed by atoms with E-state index in [-0.39, 0.29) is 10.8 Å². The van der Waals surface area contributed by atoms with Gasteiger partial charge in [-0.05, 0) is 113 Å². The van der Waals surface area contributed by atoms with Crippen molar-refractivity contribution in [2.24, 2.45) is 0 Å². The molecule has 0 unspecified atom stereocenters. The van der Waals surface area contributed by atoms with E-state index in [1.54, 1.807) is 0 Å². The van der Waals surface area contributed by atoms with Crippen LogP contribution in [0.2, 0.25) is 0 Å². The smallest absolute Gasteiger partial charge is 0.0793 e. The van der Waals surface area contributed by atoms with Crippen LogP contribution in [0, 0.1) is 0 Å². The first-order chi connectivity index (χ1) is 24.3. The van der Waals surface area contributed by atoms with Crippen molar-refractivity contribution >= 4 is 21.5 Å². The molecule has 1 aromatic heterocycles. The standard InChI is InChI=1S/C49H35N/c1-48(2)40-17-8-7-11-31(40)32-21-18-28(25-41(32)48)29-19-22-33-34-23-20-30(27-43(34)49(3,4)42(33)26-29)44-35-12-5-6-13-36(35)46-45-37(14-9-15-39(44)45)38-16-10-24-50-47(38)46/h5-27H,1-4H3. The van der Waals surface area contributed by atoms with Crippen LogP contribution >= 0.6 is 0 Å². The third kappa shape index (κ3) is 3.45. The van der Waals surface area contributed by atoms with Gasteiger partial charge in [0.05, 0.1) is 5.69 Å². The highest BCUT2D eigenvalue weighted by Gasteiger charge is 2.38. The van der Waals surface area contributed by atoms with E-state index in [2.05, 4.69) is 161 Å². The maximum atomic E-state index is 4.90. The van der Waals surface area contributed by atoms with Crippen LogP contribution in [0.15, 0.2) is 140 Å². The highest BCUT2D eigenvalue weighted by Crippen LogP contribution is 2.55. The second kappa shape index (κ2) is 9.46. The fourth-order valence-corrected chi connectivity index (χ4v) is 9.79. The highest BCUT2D eigenvalue weighted by molar-refractivity contribution is 6.28. The van der Waals surface area contributed by atoms with Crippen LogP contribution in [0.3, 0.4) is 0 Å². The molecule has 0 aliphatic heterocycles. The first-order valence-corrected chi connectivity index (χ1v) is 17.8. The molecule has 236 valence electrons. The van der Waals surface area contributed by atoms with E-state index < -0.39 is 0 Å². The van der Waals surface area contributed by atoms with Gasteiger partial charge in [-0.3, -0.25) is 4.98 Å². The Morgan fingerprint density at radius 2 is 0.880 bits per heavy atom. The van der Waals surface area contributed by atoms with Gasteiger partial charge in [0.2, 0.25) is 0 Å². The Labute approximate surface area is 292 Å². The van der Waals surface area contributed by atoms with Gasteiger partial charge < -0.3 is 0 Å². The van der Waals surface area contributed by atoms with Gasteiger partial charge in [0.15, 0.2) is 0 Å². The quantitative estimate of drug-likeness (QED) is 0.172. The molecule has 3 aliphatic carbocycles. The first-order valence-electron chi connectivity index (χ1n) is 17.8. The van der Waals surface area contributed by atoms with E-state index in [1.807, 2.05) is 6.20 Å². The maximum absolute atomic E-state index is 4.90. The molecule has 0 saturated heterocycles. The number of fused-ring (bicyclic) bond motifs is 11. The minimum Gasteiger partial charge on any atom is -0.256 e. The monoisotopic (exact) mass is 637 g/mol. The highest BCUT2D eigenvalue weighted by atomic mass is 14.7. The fourth-order valence-electron chi connectivity index (χ4n) is 9.79. The summed E-state index contributed by atoms with van der Waals surface area (Å²) in [4.78, 5) is 4.90. The number of benzene rings is 7. The zero-order valence-electron chi connectivity index (χ0n) is 28.7. The summed E-state index contributed by atoms with van der Waals surface area (Å²) in [6.07, 6.45) is 1.93. The molecule has 1 heterocycles. The van der Waals surface area contributed by atoms with Gasteiger partial charge >= 0.3 is 0 Å². The average molecular weight is 638 g/mol. The number of nitrogens with zero attached hydrogens (tertiary/aromatic N) is 1. The summed E-state index contributed by atoms with van der Waals surface area (Å²) in [6.45, 7) is 9.54. The van der Waals surface area contributed by atoms with Crippen molar-refractivity contribution in [1.29, 1.82) is 0 Å². The van der Waals surface area contributed by atoms with E-state index in [9.17, 15) is 0 Å². The van der Waals surface area contributed by atoms with E-state index in [1.165, 1.54) is 105 Å². The van der Waals surface area contributed by atoms with E-state index in [4.69, 9.17) is 4.98 Å².